The van der Waals surface area contributed by atoms with E-state index in [1.54, 1.807) is 0 Å². The fourth-order valence-corrected chi connectivity index (χ4v) is 2.45. The molecule has 21 heavy (non-hydrogen) atoms. The van der Waals surface area contributed by atoms with Crippen LogP contribution in [0.2, 0.25) is 5.02 Å². The van der Waals surface area contributed by atoms with Gasteiger partial charge in [-0.1, -0.05) is 36.7 Å². The molecular weight excluding hydrogens is 286 g/mol. The van der Waals surface area contributed by atoms with Crippen molar-refractivity contribution in [1.82, 2.24) is 0 Å². The molecule has 1 heterocycles. The molecule has 0 bridgehead atoms. The molecule has 4 heteroatoms. The van der Waals surface area contributed by atoms with Gasteiger partial charge in [-0.05, 0) is 35.4 Å². The Bertz CT molecular complexity index is 627. The SMILES string of the molecule is CC1COc2ccc(C(N)c3ccc(Cl)cc3)cc2OC1. The summed E-state index contributed by atoms with van der Waals surface area (Å²) in [4.78, 5) is 0. The van der Waals surface area contributed by atoms with Gasteiger partial charge in [-0.3, -0.25) is 0 Å². The third kappa shape index (κ3) is 3.14. The maximum Gasteiger partial charge on any atom is 0.161 e. The van der Waals surface area contributed by atoms with Gasteiger partial charge in [0.25, 0.3) is 0 Å². The molecule has 0 spiro atoms. The predicted octanol–water partition coefficient (Wildman–Crippen LogP) is 3.80. The molecule has 0 fully saturated rings. The van der Waals surface area contributed by atoms with Crippen molar-refractivity contribution in [3.05, 3.63) is 58.6 Å². The second-order valence-corrected chi connectivity index (χ2v) is 5.90. The van der Waals surface area contributed by atoms with Crippen molar-refractivity contribution < 1.29 is 9.47 Å². The summed E-state index contributed by atoms with van der Waals surface area (Å²) in [6.07, 6.45) is 0. The number of benzene rings is 2. The van der Waals surface area contributed by atoms with Gasteiger partial charge in [-0.2, -0.15) is 0 Å². The first-order valence-corrected chi connectivity index (χ1v) is 7.42. The van der Waals surface area contributed by atoms with Crippen molar-refractivity contribution in [2.24, 2.45) is 11.7 Å². The molecule has 2 unspecified atom stereocenters. The zero-order valence-electron chi connectivity index (χ0n) is 11.9. The van der Waals surface area contributed by atoms with Crippen molar-refractivity contribution in [2.45, 2.75) is 13.0 Å². The molecular formula is C17H18ClNO2. The van der Waals surface area contributed by atoms with Gasteiger partial charge >= 0.3 is 0 Å². The van der Waals surface area contributed by atoms with Crippen molar-refractivity contribution >= 4 is 11.6 Å². The summed E-state index contributed by atoms with van der Waals surface area (Å²) in [5.74, 6) is 1.93. The number of nitrogens with two attached hydrogens (primary N) is 1. The highest BCUT2D eigenvalue weighted by molar-refractivity contribution is 6.30. The maximum atomic E-state index is 6.33. The third-order valence-corrected chi connectivity index (χ3v) is 3.85. The quantitative estimate of drug-likeness (QED) is 0.918. The van der Waals surface area contributed by atoms with Gasteiger partial charge in [0, 0.05) is 10.9 Å². The lowest BCUT2D eigenvalue weighted by Crippen LogP contribution is -2.12. The Kier molecular flexibility index (Phi) is 4.04. The van der Waals surface area contributed by atoms with E-state index in [0.29, 0.717) is 24.2 Å². The summed E-state index contributed by atoms with van der Waals surface area (Å²) >= 11 is 5.91. The van der Waals surface area contributed by atoms with Gasteiger partial charge in [-0.15, -0.1) is 0 Å². The van der Waals surface area contributed by atoms with Crippen LogP contribution in [0, 0.1) is 5.92 Å². The molecule has 1 aliphatic heterocycles. The normalized spacial score (nSPS) is 18.9. The van der Waals surface area contributed by atoms with Crippen LogP contribution in [0.25, 0.3) is 0 Å². The molecule has 3 nitrogen and oxygen atoms in total. The maximum absolute atomic E-state index is 6.33. The summed E-state index contributed by atoms with van der Waals surface area (Å²) in [7, 11) is 0. The number of rotatable bonds is 2. The first-order chi connectivity index (χ1) is 10.1. The summed E-state index contributed by atoms with van der Waals surface area (Å²) in [5, 5.41) is 0.707. The molecule has 0 aromatic heterocycles. The second-order valence-electron chi connectivity index (χ2n) is 5.46. The van der Waals surface area contributed by atoms with Gasteiger partial charge < -0.3 is 15.2 Å². The molecule has 2 atom stereocenters. The van der Waals surface area contributed by atoms with E-state index in [1.165, 1.54) is 0 Å². The standard InChI is InChI=1S/C17H18ClNO2/c1-11-9-20-15-7-4-13(8-16(15)21-10-11)17(19)12-2-5-14(18)6-3-12/h2-8,11,17H,9-10,19H2,1H3. The fourth-order valence-electron chi connectivity index (χ4n) is 2.32. The Morgan fingerprint density at radius 2 is 1.62 bits per heavy atom. The van der Waals surface area contributed by atoms with Crippen molar-refractivity contribution in [3.63, 3.8) is 0 Å². The molecule has 0 saturated heterocycles. The first-order valence-electron chi connectivity index (χ1n) is 7.04. The van der Waals surface area contributed by atoms with Gasteiger partial charge in [0.1, 0.15) is 0 Å². The van der Waals surface area contributed by atoms with E-state index in [0.717, 1.165) is 22.6 Å². The Labute approximate surface area is 129 Å². The van der Waals surface area contributed by atoms with Crippen LogP contribution in [-0.4, -0.2) is 13.2 Å². The van der Waals surface area contributed by atoms with E-state index in [1.807, 2.05) is 42.5 Å². The average Bonchev–Trinajstić information content (AvgIpc) is 2.69. The topological polar surface area (TPSA) is 44.5 Å². The molecule has 0 amide bonds. The highest BCUT2D eigenvalue weighted by atomic mass is 35.5. The average molecular weight is 304 g/mol. The van der Waals surface area contributed by atoms with Crippen LogP contribution >= 0.6 is 11.6 Å². The first kappa shape index (κ1) is 14.2. The molecule has 110 valence electrons. The lowest BCUT2D eigenvalue weighted by Gasteiger charge is -2.15. The Balaban J connectivity index is 1.88. The zero-order valence-corrected chi connectivity index (χ0v) is 12.6. The minimum atomic E-state index is -0.211. The lowest BCUT2D eigenvalue weighted by molar-refractivity contribution is 0.228. The van der Waals surface area contributed by atoms with Crippen LogP contribution in [0.1, 0.15) is 24.1 Å². The van der Waals surface area contributed by atoms with Crippen LogP contribution in [0.3, 0.4) is 0 Å². The van der Waals surface area contributed by atoms with E-state index in [-0.39, 0.29) is 6.04 Å². The molecule has 0 saturated carbocycles. The summed E-state index contributed by atoms with van der Waals surface area (Å²) in [6.45, 7) is 3.44. The van der Waals surface area contributed by atoms with Crippen LogP contribution in [0.4, 0.5) is 0 Å². The summed E-state index contributed by atoms with van der Waals surface area (Å²) in [6, 6.07) is 13.2. The molecule has 1 aliphatic rings. The largest absolute Gasteiger partial charge is 0.489 e. The third-order valence-electron chi connectivity index (χ3n) is 3.60. The van der Waals surface area contributed by atoms with Crippen LogP contribution in [0.15, 0.2) is 42.5 Å². The molecule has 2 aromatic carbocycles. The minimum Gasteiger partial charge on any atom is -0.489 e. The number of halogens is 1. The Morgan fingerprint density at radius 1 is 1.00 bits per heavy atom. The van der Waals surface area contributed by atoms with E-state index >= 15 is 0 Å². The molecule has 0 radical (unpaired) electrons. The molecule has 3 rings (SSSR count). The van der Waals surface area contributed by atoms with Crippen molar-refractivity contribution in [1.29, 1.82) is 0 Å². The van der Waals surface area contributed by atoms with Crippen LogP contribution in [-0.2, 0) is 0 Å². The van der Waals surface area contributed by atoms with Gasteiger partial charge in [0.2, 0.25) is 0 Å². The fraction of sp³-hybridized carbons (Fsp3) is 0.294. The molecule has 2 N–H and O–H groups in total. The number of hydrogen-bond acceptors (Lipinski definition) is 3. The summed E-state index contributed by atoms with van der Waals surface area (Å²) in [5.41, 5.74) is 8.34. The van der Waals surface area contributed by atoms with Crippen molar-refractivity contribution in [3.8, 4) is 11.5 Å². The molecule has 2 aromatic rings. The Morgan fingerprint density at radius 3 is 2.33 bits per heavy atom. The van der Waals surface area contributed by atoms with E-state index in [2.05, 4.69) is 6.92 Å². The number of hydrogen-bond donors (Lipinski definition) is 1. The van der Waals surface area contributed by atoms with E-state index in [9.17, 15) is 0 Å². The van der Waals surface area contributed by atoms with Crippen LogP contribution < -0.4 is 15.2 Å². The summed E-state index contributed by atoms with van der Waals surface area (Å²) < 4.78 is 11.5. The zero-order chi connectivity index (χ0) is 14.8. The minimum absolute atomic E-state index is 0.211. The monoisotopic (exact) mass is 303 g/mol. The smallest absolute Gasteiger partial charge is 0.161 e. The second kappa shape index (κ2) is 5.96. The van der Waals surface area contributed by atoms with Gasteiger partial charge in [0.05, 0.1) is 19.3 Å². The van der Waals surface area contributed by atoms with Gasteiger partial charge in [0.15, 0.2) is 11.5 Å². The number of fused-ring (bicyclic) bond motifs is 1. The number of ether oxygens (including phenoxy) is 2. The van der Waals surface area contributed by atoms with Crippen LogP contribution in [0.5, 0.6) is 11.5 Å². The highest BCUT2D eigenvalue weighted by Crippen LogP contribution is 2.34. The van der Waals surface area contributed by atoms with E-state index < -0.39 is 0 Å². The van der Waals surface area contributed by atoms with Crippen molar-refractivity contribution in [2.75, 3.05) is 13.2 Å². The molecule has 0 aliphatic carbocycles. The lowest BCUT2D eigenvalue weighted by atomic mass is 9.99. The Hall–Kier alpha value is -1.71. The predicted molar refractivity (Wildman–Crippen MR) is 84.1 cm³/mol. The van der Waals surface area contributed by atoms with Gasteiger partial charge in [-0.25, -0.2) is 0 Å². The van der Waals surface area contributed by atoms with E-state index in [4.69, 9.17) is 26.8 Å². The highest BCUT2D eigenvalue weighted by Gasteiger charge is 2.17.